The molecule has 0 aliphatic heterocycles. The fourth-order valence-electron chi connectivity index (χ4n) is 8.28. The number of halogens is 5. The summed E-state index contributed by atoms with van der Waals surface area (Å²) in [4.78, 5) is 25.6. The quantitative estimate of drug-likeness (QED) is 0.0256. The molecule has 1 aliphatic carbocycles. The summed E-state index contributed by atoms with van der Waals surface area (Å²) < 4.78 is 104. The van der Waals surface area contributed by atoms with Gasteiger partial charge >= 0.3 is 23.8 Å². The number of esters is 2. The van der Waals surface area contributed by atoms with E-state index in [0.717, 1.165) is 29.5 Å². The third-order valence-corrected chi connectivity index (χ3v) is 13.8. The Morgan fingerprint density at radius 2 is 0.974 bits per heavy atom. The summed E-state index contributed by atoms with van der Waals surface area (Å²) in [6.07, 6.45) is 4.56. The number of alkyl halides is 4. The van der Waals surface area contributed by atoms with Crippen molar-refractivity contribution in [2.45, 2.75) is 188 Å². The highest BCUT2D eigenvalue weighted by Crippen LogP contribution is 2.51. The van der Waals surface area contributed by atoms with E-state index in [4.69, 9.17) is 37.0 Å². The van der Waals surface area contributed by atoms with E-state index >= 15 is 0 Å². The summed E-state index contributed by atoms with van der Waals surface area (Å²) in [5.41, 5.74) is 0.0653. The van der Waals surface area contributed by atoms with Crippen molar-refractivity contribution in [1.29, 1.82) is 0 Å². The predicted octanol–water partition coefficient (Wildman–Crippen LogP) is 16.0. The highest BCUT2D eigenvalue weighted by atomic mass is 127. The summed E-state index contributed by atoms with van der Waals surface area (Å²) in [6.45, 7) is 21.5. The van der Waals surface area contributed by atoms with Crippen LogP contribution in [0.2, 0.25) is 0 Å². The van der Waals surface area contributed by atoms with E-state index in [0.29, 0.717) is 72.9 Å². The molecule has 0 N–H and O–H groups in total. The number of carbonyl (C=O) groups excluding carboxylic acids is 2. The Balaban J connectivity index is 0.000000253. The number of nitrogens with zero attached hydrogens (tertiary/aromatic N) is 4. The molecular formula is C59H75F4IN4O10. The monoisotopic (exact) mass is 1200 g/mol. The fourth-order valence-corrected chi connectivity index (χ4v) is 9.20. The first-order valence-electron chi connectivity index (χ1n) is 26.5. The van der Waals surface area contributed by atoms with Gasteiger partial charge in [-0.05, 0) is 120 Å². The molecule has 0 bridgehead atoms. The lowest BCUT2D eigenvalue weighted by Crippen LogP contribution is -2.30. The van der Waals surface area contributed by atoms with E-state index in [1.807, 2.05) is 125 Å². The van der Waals surface area contributed by atoms with Gasteiger partial charge in [0.15, 0.2) is 5.76 Å². The van der Waals surface area contributed by atoms with Crippen LogP contribution in [0.25, 0.3) is 22.8 Å². The standard InChI is InChI=1S/C31H40F2N2O5.C28H35F2IN2O5/c1-29(2,3)31(32,33)24-18-23(34-39-24)27-26(21-14-15-21)28(40-35-27)22(17-25(36)38-30(4,5)6)13-10-16-37-19-20-11-8-7-9-12-20;1-26(2,3)28(29,30)21-16-20(32-37-21)24-23(31)25(38-33-24)19(15-22(34)36-27(4,5)6)13-10-14-35-17-18-11-8-7-9-12-18/h7-9,11-12,18,21-22H,10,13-17,19H2,1-6H3;7-9,11-12,16,19H,10,13-15,17H2,1-6H3/t22-;19-/m00/s1. The Kier molecular flexibility index (Phi) is 20.4. The van der Waals surface area contributed by atoms with Crippen LogP contribution in [-0.2, 0) is 53.6 Å². The van der Waals surface area contributed by atoms with Gasteiger partial charge in [-0.2, -0.15) is 17.6 Å². The molecule has 426 valence electrons. The van der Waals surface area contributed by atoms with Crippen molar-refractivity contribution in [3.8, 4) is 22.8 Å². The first kappa shape index (κ1) is 61.8. The maximum atomic E-state index is 14.9. The minimum absolute atomic E-state index is 0.0761. The second kappa shape index (κ2) is 25.8. The Morgan fingerprint density at radius 1 is 0.577 bits per heavy atom. The number of carbonyl (C=O) groups is 2. The number of benzene rings is 2. The molecule has 1 fully saturated rings. The molecule has 7 rings (SSSR count). The van der Waals surface area contributed by atoms with Gasteiger partial charge < -0.3 is 37.0 Å². The third kappa shape index (κ3) is 17.1. The predicted molar refractivity (Wildman–Crippen MR) is 292 cm³/mol. The molecule has 2 atom stereocenters. The molecule has 19 heteroatoms. The molecule has 2 aromatic carbocycles. The highest BCUT2D eigenvalue weighted by Gasteiger charge is 2.50. The zero-order chi connectivity index (χ0) is 57.3. The highest BCUT2D eigenvalue weighted by molar-refractivity contribution is 14.1. The Labute approximate surface area is 468 Å². The lowest BCUT2D eigenvalue weighted by molar-refractivity contribution is -0.156. The number of ether oxygens (including phenoxy) is 4. The summed E-state index contributed by atoms with van der Waals surface area (Å²) in [6, 6.07) is 22.2. The number of rotatable bonds is 23. The zero-order valence-electron chi connectivity index (χ0n) is 46.9. The average molecular weight is 1200 g/mol. The van der Waals surface area contributed by atoms with Crippen LogP contribution in [0.15, 0.2) is 90.9 Å². The molecular weight excluding hydrogens is 1130 g/mol. The van der Waals surface area contributed by atoms with E-state index in [1.165, 1.54) is 53.7 Å². The maximum absolute atomic E-state index is 14.9. The molecule has 0 amide bonds. The largest absolute Gasteiger partial charge is 0.460 e. The molecule has 0 saturated heterocycles. The molecule has 0 radical (unpaired) electrons. The topological polar surface area (TPSA) is 175 Å². The minimum atomic E-state index is -3.23. The summed E-state index contributed by atoms with van der Waals surface area (Å²) >= 11 is 2.04. The molecule has 1 aliphatic rings. The van der Waals surface area contributed by atoms with Crippen LogP contribution in [0.3, 0.4) is 0 Å². The zero-order valence-corrected chi connectivity index (χ0v) is 49.1. The maximum Gasteiger partial charge on any atom is 0.312 e. The van der Waals surface area contributed by atoms with E-state index < -0.39 is 45.4 Å². The Morgan fingerprint density at radius 3 is 1.38 bits per heavy atom. The van der Waals surface area contributed by atoms with Crippen molar-refractivity contribution < 1.29 is 64.2 Å². The first-order valence-corrected chi connectivity index (χ1v) is 27.6. The molecule has 4 heterocycles. The second-order valence-electron chi connectivity index (χ2n) is 23.9. The van der Waals surface area contributed by atoms with Crippen LogP contribution in [0.5, 0.6) is 0 Å². The van der Waals surface area contributed by atoms with Crippen LogP contribution in [0, 0.1) is 14.4 Å². The van der Waals surface area contributed by atoms with Crippen molar-refractivity contribution >= 4 is 34.5 Å². The summed E-state index contributed by atoms with van der Waals surface area (Å²) in [7, 11) is 0. The van der Waals surface area contributed by atoms with Crippen molar-refractivity contribution in [2.24, 2.45) is 10.8 Å². The third-order valence-electron chi connectivity index (χ3n) is 12.7. The van der Waals surface area contributed by atoms with Gasteiger partial charge in [0.25, 0.3) is 0 Å². The average Bonchev–Trinajstić information content (AvgIpc) is 3.79. The van der Waals surface area contributed by atoms with Crippen molar-refractivity contribution in [3.63, 3.8) is 0 Å². The smallest absolute Gasteiger partial charge is 0.312 e. The number of aromatic nitrogens is 4. The first-order chi connectivity index (χ1) is 36.4. The molecule has 0 unspecified atom stereocenters. The number of hydrogen-bond donors (Lipinski definition) is 0. The summed E-state index contributed by atoms with van der Waals surface area (Å²) in [5, 5.41) is 16.1. The minimum Gasteiger partial charge on any atom is -0.460 e. The molecule has 78 heavy (non-hydrogen) atoms. The van der Waals surface area contributed by atoms with Crippen LogP contribution < -0.4 is 0 Å². The van der Waals surface area contributed by atoms with Gasteiger partial charge in [-0.15, -0.1) is 0 Å². The number of hydrogen-bond acceptors (Lipinski definition) is 14. The van der Waals surface area contributed by atoms with E-state index in [9.17, 15) is 27.2 Å². The van der Waals surface area contributed by atoms with Gasteiger partial charge in [0.2, 0.25) is 11.5 Å². The lowest BCUT2D eigenvalue weighted by atomic mass is 9.86. The van der Waals surface area contributed by atoms with Crippen molar-refractivity contribution in [2.75, 3.05) is 13.2 Å². The van der Waals surface area contributed by atoms with Gasteiger partial charge in [-0.1, -0.05) is 123 Å². The normalized spacial score (nSPS) is 14.4. The molecule has 0 spiro atoms. The molecule has 4 aromatic heterocycles. The summed E-state index contributed by atoms with van der Waals surface area (Å²) in [5.74, 6) is -7.64. The fraction of sp³-hybridized carbons (Fsp3) is 0.559. The van der Waals surface area contributed by atoms with E-state index in [-0.39, 0.29) is 59.6 Å². The van der Waals surface area contributed by atoms with Crippen LogP contribution in [0.4, 0.5) is 17.6 Å². The SMILES string of the molecule is CC(C)(C)OC(=O)C[C@H](CCCOCc1ccccc1)c1onc(-c2cc(C(F)(F)C(C)(C)C)on2)c1C1CC1.CC(C)(C)OC(=O)C[C@H](CCCOCc1ccccc1)c1onc(-c2cc(C(F)(F)C(C)(C)C)on2)c1I. The van der Waals surface area contributed by atoms with Gasteiger partial charge in [0.05, 0.1) is 29.6 Å². The van der Waals surface area contributed by atoms with Gasteiger partial charge in [-0.25, -0.2) is 0 Å². The van der Waals surface area contributed by atoms with Gasteiger partial charge in [-0.3, -0.25) is 9.59 Å². The molecule has 6 aromatic rings. The van der Waals surface area contributed by atoms with Gasteiger partial charge in [0.1, 0.15) is 39.7 Å². The van der Waals surface area contributed by atoms with E-state index in [1.54, 1.807) is 0 Å². The van der Waals surface area contributed by atoms with E-state index in [2.05, 4.69) is 20.6 Å². The van der Waals surface area contributed by atoms with Crippen LogP contribution in [0.1, 0.15) is 192 Å². The second-order valence-corrected chi connectivity index (χ2v) is 25.0. The molecule has 1 saturated carbocycles. The van der Waals surface area contributed by atoms with Crippen LogP contribution >= 0.6 is 22.6 Å². The lowest BCUT2D eigenvalue weighted by Gasteiger charge is -2.27. The Hall–Kier alpha value is -5.41. The molecule has 14 nitrogen and oxygen atoms in total. The van der Waals surface area contributed by atoms with Crippen LogP contribution in [-0.4, -0.2) is 57.0 Å². The van der Waals surface area contributed by atoms with Crippen molar-refractivity contribution in [3.05, 3.63) is 116 Å². The van der Waals surface area contributed by atoms with Gasteiger partial charge in [0, 0.05) is 53.6 Å². The van der Waals surface area contributed by atoms with Crippen molar-refractivity contribution in [1.82, 2.24) is 20.6 Å². The Bertz CT molecular complexity index is 2850.